The molecule has 4 heterocycles. The van der Waals surface area contributed by atoms with E-state index in [0.717, 1.165) is 16.5 Å². The molecule has 2 aliphatic rings. The number of aliphatic hydroxyl groups is 1. The number of aromatic hydroxyl groups is 1. The number of benzene rings is 1. The Labute approximate surface area is 202 Å². The predicted molar refractivity (Wildman–Crippen MR) is 128 cm³/mol. The topological polar surface area (TPSA) is 105 Å². The molecule has 0 saturated carbocycles. The minimum absolute atomic E-state index is 0. The summed E-state index contributed by atoms with van der Waals surface area (Å²) in [7, 11) is 3.86. The van der Waals surface area contributed by atoms with E-state index in [0.29, 0.717) is 41.1 Å². The summed E-state index contributed by atoms with van der Waals surface area (Å²) in [6, 6.07) is 7.05. The average Bonchev–Trinajstić information content (AvgIpc) is 3.10. The molecular formula is C23H25Cl2N3O5. The van der Waals surface area contributed by atoms with Gasteiger partial charge in [-0.2, -0.15) is 0 Å². The van der Waals surface area contributed by atoms with Gasteiger partial charge in [0.15, 0.2) is 5.60 Å². The van der Waals surface area contributed by atoms with Crippen LogP contribution < -0.4 is 5.56 Å². The summed E-state index contributed by atoms with van der Waals surface area (Å²) < 4.78 is 6.71. The van der Waals surface area contributed by atoms with Crippen LogP contribution in [0.2, 0.25) is 0 Å². The fourth-order valence-corrected chi connectivity index (χ4v) is 4.58. The molecule has 0 unspecified atom stereocenters. The second kappa shape index (κ2) is 8.61. The fraction of sp³-hybridized carbons (Fsp3) is 0.348. The Bertz CT molecular complexity index is 1340. The van der Waals surface area contributed by atoms with Gasteiger partial charge in [-0.05, 0) is 44.8 Å². The van der Waals surface area contributed by atoms with Crippen molar-refractivity contribution >= 4 is 41.7 Å². The molecule has 8 nitrogen and oxygen atoms in total. The van der Waals surface area contributed by atoms with E-state index < -0.39 is 11.6 Å². The normalized spacial score (nSPS) is 18.2. The molecule has 2 aromatic heterocycles. The van der Waals surface area contributed by atoms with Crippen LogP contribution in [0.15, 0.2) is 29.1 Å². The number of esters is 1. The third-order valence-corrected chi connectivity index (χ3v) is 6.25. The minimum Gasteiger partial charge on any atom is -0.508 e. The van der Waals surface area contributed by atoms with Gasteiger partial charge >= 0.3 is 5.97 Å². The molecule has 0 aliphatic carbocycles. The Hall–Kier alpha value is -2.65. The third kappa shape index (κ3) is 3.58. The largest absolute Gasteiger partial charge is 0.508 e. The number of nitrogens with zero attached hydrogens (tertiary/aromatic N) is 3. The lowest BCUT2D eigenvalue weighted by molar-refractivity contribution is -0.172. The van der Waals surface area contributed by atoms with E-state index in [9.17, 15) is 19.8 Å². The van der Waals surface area contributed by atoms with Crippen LogP contribution in [0.1, 0.15) is 35.6 Å². The van der Waals surface area contributed by atoms with Crippen LogP contribution in [0.3, 0.4) is 0 Å². The van der Waals surface area contributed by atoms with E-state index in [2.05, 4.69) is 0 Å². The Morgan fingerprint density at radius 1 is 1.21 bits per heavy atom. The molecule has 0 bridgehead atoms. The smallest absolute Gasteiger partial charge is 0.343 e. The highest BCUT2D eigenvalue weighted by Crippen LogP contribution is 2.39. The van der Waals surface area contributed by atoms with Crippen molar-refractivity contribution in [2.45, 2.75) is 38.6 Å². The number of phenolic OH excluding ortho intramolecular Hbond substituents is 1. The third-order valence-electron chi connectivity index (χ3n) is 6.25. The first-order valence-corrected chi connectivity index (χ1v) is 10.2. The van der Waals surface area contributed by atoms with E-state index in [1.807, 2.05) is 25.1 Å². The van der Waals surface area contributed by atoms with E-state index in [1.165, 1.54) is 0 Å². The first kappa shape index (κ1) is 25.0. The van der Waals surface area contributed by atoms with E-state index >= 15 is 0 Å². The van der Waals surface area contributed by atoms with Gasteiger partial charge in [0, 0.05) is 28.6 Å². The van der Waals surface area contributed by atoms with Gasteiger partial charge in [-0.1, -0.05) is 6.92 Å². The standard InChI is InChI=1S/C23H23N3O5.2ClH/c1-4-23(30)16-8-18-20-12(9-26(18)21(28)15(16)11-31-22(23)29)7-13-14(10-25(2)3)19(27)6-5-17(13)24-20;;/h5-8,27,30H,4,9-11H2,1-3H3;2*1H/t23-;;/m0../s1. The first-order valence-electron chi connectivity index (χ1n) is 10.2. The van der Waals surface area contributed by atoms with Crippen molar-refractivity contribution in [1.82, 2.24) is 14.5 Å². The van der Waals surface area contributed by atoms with Gasteiger partial charge in [-0.3, -0.25) is 4.79 Å². The summed E-state index contributed by atoms with van der Waals surface area (Å²) in [4.78, 5) is 32.3. The molecule has 10 heteroatoms. The summed E-state index contributed by atoms with van der Waals surface area (Å²) in [5.74, 6) is -0.532. The maximum absolute atomic E-state index is 13.2. The molecule has 1 atom stereocenters. The van der Waals surface area contributed by atoms with Crippen molar-refractivity contribution in [1.29, 1.82) is 0 Å². The van der Waals surface area contributed by atoms with E-state index in [4.69, 9.17) is 9.72 Å². The molecular weight excluding hydrogens is 469 g/mol. The van der Waals surface area contributed by atoms with Gasteiger partial charge in [0.05, 0.1) is 29.0 Å². The number of aromatic nitrogens is 2. The molecule has 176 valence electrons. The average molecular weight is 494 g/mol. The van der Waals surface area contributed by atoms with Crippen molar-refractivity contribution in [2.75, 3.05) is 14.1 Å². The number of fused-ring (bicyclic) bond motifs is 5. The zero-order chi connectivity index (χ0) is 22.1. The van der Waals surface area contributed by atoms with Gasteiger partial charge < -0.3 is 24.4 Å². The Kier molecular flexibility index (Phi) is 6.52. The van der Waals surface area contributed by atoms with Crippen molar-refractivity contribution < 1.29 is 19.7 Å². The van der Waals surface area contributed by atoms with Crippen LogP contribution in [-0.4, -0.2) is 44.7 Å². The molecule has 2 N–H and O–H groups in total. The number of carbonyl (C=O) groups excluding carboxylic acids is 1. The molecule has 33 heavy (non-hydrogen) atoms. The maximum atomic E-state index is 13.2. The molecule has 0 saturated heterocycles. The lowest BCUT2D eigenvalue weighted by Crippen LogP contribution is -2.44. The quantitative estimate of drug-likeness (QED) is 0.422. The number of pyridine rings is 2. The number of hydrogen-bond acceptors (Lipinski definition) is 7. The van der Waals surface area contributed by atoms with Crippen molar-refractivity contribution in [3.63, 3.8) is 0 Å². The zero-order valence-corrected chi connectivity index (χ0v) is 20.0. The summed E-state index contributed by atoms with van der Waals surface area (Å²) in [5.41, 5.74) is 2.03. The van der Waals surface area contributed by atoms with Gasteiger partial charge in [0.2, 0.25) is 0 Å². The van der Waals surface area contributed by atoms with Gasteiger partial charge in [0.1, 0.15) is 12.4 Å². The highest BCUT2D eigenvalue weighted by Gasteiger charge is 2.45. The van der Waals surface area contributed by atoms with E-state index in [-0.39, 0.29) is 49.2 Å². The van der Waals surface area contributed by atoms with Gasteiger partial charge in [0.25, 0.3) is 5.56 Å². The predicted octanol–water partition coefficient (Wildman–Crippen LogP) is 2.69. The SMILES string of the molecule is CC[C@@]1(O)C(=O)OCc2c1cc1n(c2=O)Cc2cc3c(CN(C)C)c(O)ccc3nc2-1.Cl.Cl. The highest BCUT2D eigenvalue weighted by molar-refractivity contribution is 5.89. The molecule has 3 aromatic rings. The number of cyclic esters (lactones) is 1. The molecule has 0 amide bonds. The van der Waals surface area contributed by atoms with Crippen LogP contribution in [-0.2, 0) is 34.8 Å². The van der Waals surface area contributed by atoms with Gasteiger partial charge in [-0.25, -0.2) is 9.78 Å². The lowest BCUT2D eigenvalue weighted by Gasteiger charge is -2.31. The maximum Gasteiger partial charge on any atom is 0.343 e. The van der Waals surface area contributed by atoms with Crippen LogP contribution in [0.5, 0.6) is 5.75 Å². The fourth-order valence-electron chi connectivity index (χ4n) is 4.58. The molecule has 0 spiro atoms. The van der Waals surface area contributed by atoms with Crippen LogP contribution in [0, 0.1) is 0 Å². The number of halogens is 2. The Balaban J connectivity index is 0.00000153. The minimum atomic E-state index is -1.84. The molecule has 2 aliphatic heterocycles. The molecule has 1 aromatic carbocycles. The van der Waals surface area contributed by atoms with Crippen LogP contribution in [0.4, 0.5) is 0 Å². The molecule has 5 rings (SSSR count). The van der Waals surface area contributed by atoms with Crippen LogP contribution >= 0.6 is 24.8 Å². The van der Waals surface area contributed by atoms with Crippen LogP contribution in [0.25, 0.3) is 22.3 Å². The first-order chi connectivity index (χ1) is 14.7. The number of rotatable bonds is 3. The second-order valence-corrected chi connectivity index (χ2v) is 8.47. The molecule has 0 fully saturated rings. The zero-order valence-electron chi connectivity index (χ0n) is 18.4. The second-order valence-electron chi connectivity index (χ2n) is 8.47. The van der Waals surface area contributed by atoms with E-state index in [1.54, 1.807) is 29.7 Å². The number of phenols is 1. The van der Waals surface area contributed by atoms with Gasteiger partial charge in [-0.15, -0.1) is 24.8 Å². The monoisotopic (exact) mass is 493 g/mol. The highest BCUT2D eigenvalue weighted by atomic mass is 35.5. The summed E-state index contributed by atoms with van der Waals surface area (Å²) in [6.45, 7) is 2.41. The summed E-state index contributed by atoms with van der Waals surface area (Å²) in [5, 5.41) is 22.2. The lowest BCUT2D eigenvalue weighted by atomic mass is 9.86. The summed E-state index contributed by atoms with van der Waals surface area (Å²) >= 11 is 0. The number of ether oxygens (including phenoxy) is 1. The Morgan fingerprint density at radius 3 is 2.61 bits per heavy atom. The van der Waals surface area contributed by atoms with Crippen molar-refractivity contribution in [3.8, 4) is 17.1 Å². The summed E-state index contributed by atoms with van der Waals surface area (Å²) in [6.07, 6.45) is 0.104. The Morgan fingerprint density at radius 2 is 1.94 bits per heavy atom. The number of hydrogen-bond donors (Lipinski definition) is 2. The van der Waals surface area contributed by atoms with Crippen molar-refractivity contribution in [2.24, 2.45) is 0 Å². The van der Waals surface area contributed by atoms with Crippen molar-refractivity contribution in [3.05, 3.63) is 56.9 Å². The number of carbonyl (C=O) groups is 1. The molecule has 0 radical (unpaired) electrons.